The van der Waals surface area contributed by atoms with Gasteiger partial charge in [0.25, 0.3) is 0 Å². The minimum Gasteiger partial charge on any atom is -0.478 e. The summed E-state index contributed by atoms with van der Waals surface area (Å²) < 4.78 is 10.0. The molecule has 2 aromatic rings. The van der Waals surface area contributed by atoms with E-state index in [1.807, 2.05) is 0 Å². The van der Waals surface area contributed by atoms with Crippen molar-refractivity contribution in [2.75, 3.05) is 6.54 Å². The molecule has 9 heteroatoms. The molecule has 2 heterocycles. The third-order valence-electron chi connectivity index (χ3n) is 2.65. The number of rotatable bonds is 6. The van der Waals surface area contributed by atoms with E-state index < -0.39 is 12.0 Å². The van der Waals surface area contributed by atoms with Crippen LogP contribution < -0.4 is 10.6 Å². The number of aryl methyl sites for hydroxylation is 1. The van der Waals surface area contributed by atoms with Gasteiger partial charge in [0.05, 0.1) is 6.54 Å². The molecule has 0 bridgehead atoms. The molecule has 0 saturated carbocycles. The SMILES string of the molecule is Cc1oc(CNC(=O)NCCc2ncno2)cc1C(=O)O. The van der Waals surface area contributed by atoms with Gasteiger partial charge in [-0.2, -0.15) is 4.98 Å². The maximum Gasteiger partial charge on any atom is 0.339 e. The lowest BCUT2D eigenvalue weighted by Gasteiger charge is -2.04. The molecule has 0 unspecified atom stereocenters. The second-order valence-corrected chi connectivity index (χ2v) is 4.18. The van der Waals surface area contributed by atoms with Crippen molar-refractivity contribution in [2.24, 2.45) is 0 Å². The molecule has 0 radical (unpaired) electrons. The number of nitrogens with one attached hydrogen (secondary N) is 2. The first-order chi connectivity index (χ1) is 10.1. The van der Waals surface area contributed by atoms with Crippen LogP contribution >= 0.6 is 0 Å². The summed E-state index contributed by atoms with van der Waals surface area (Å²) >= 11 is 0. The van der Waals surface area contributed by atoms with Crippen LogP contribution in [0.2, 0.25) is 0 Å². The third kappa shape index (κ3) is 4.06. The standard InChI is InChI=1S/C12H14N4O5/c1-7-9(11(17)18)4-8(20-7)5-14-12(19)13-3-2-10-15-6-16-21-10/h4,6H,2-3,5H2,1H3,(H,17,18)(H2,13,14,19). The largest absolute Gasteiger partial charge is 0.478 e. The Morgan fingerprint density at radius 1 is 1.38 bits per heavy atom. The van der Waals surface area contributed by atoms with Gasteiger partial charge in [-0.3, -0.25) is 0 Å². The van der Waals surface area contributed by atoms with E-state index in [-0.39, 0.29) is 12.1 Å². The lowest BCUT2D eigenvalue weighted by atomic mass is 10.2. The number of carbonyl (C=O) groups is 2. The zero-order valence-electron chi connectivity index (χ0n) is 11.3. The first-order valence-corrected chi connectivity index (χ1v) is 6.16. The van der Waals surface area contributed by atoms with E-state index in [0.717, 1.165) is 0 Å². The summed E-state index contributed by atoms with van der Waals surface area (Å²) in [6.07, 6.45) is 1.71. The van der Waals surface area contributed by atoms with E-state index in [0.29, 0.717) is 30.4 Å². The predicted octanol–water partition coefficient (Wildman–Crippen LogP) is 0.711. The van der Waals surface area contributed by atoms with E-state index in [9.17, 15) is 9.59 Å². The van der Waals surface area contributed by atoms with Crippen molar-refractivity contribution in [1.29, 1.82) is 0 Å². The van der Waals surface area contributed by atoms with Crippen molar-refractivity contribution >= 4 is 12.0 Å². The number of aromatic carboxylic acids is 1. The quantitative estimate of drug-likeness (QED) is 0.715. The number of carboxylic acids is 1. The Morgan fingerprint density at radius 2 is 2.19 bits per heavy atom. The average Bonchev–Trinajstić information content (AvgIpc) is 3.06. The van der Waals surface area contributed by atoms with E-state index in [4.69, 9.17) is 14.0 Å². The number of hydrogen-bond acceptors (Lipinski definition) is 6. The summed E-state index contributed by atoms with van der Waals surface area (Å²) in [5.41, 5.74) is 0.0867. The Morgan fingerprint density at radius 3 is 2.81 bits per heavy atom. The predicted molar refractivity (Wildman–Crippen MR) is 68.6 cm³/mol. The van der Waals surface area contributed by atoms with Gasteiger partial charge in [-0.05, 0) is 13.0 Å². The molecule has 2 rings (SSSR count). The van der Waals surface area contributed by atoms with Gasteiger partial charge in [-0.15, -0.1) is 0 Å². The van der Waals surface area contributed by atoms with Crippen LogP contribution in [0.1, 0.15) is 27.8 Å². The first kappa shape index (κ1) is 14.6. The van der Waals surface area contributed by atoms with Gasteiger partial charge in [0, 0.05) is 13.0 Å². The summed E-state index contributed by atoms with van der Waals surface area (Å²) in [6.45, 7) is 1.99. The fraction of sp³-hybridized carbons (Fsp3) is 0.333. The Balaban J connectivity index is 1.73. The van der Waals surface area contributed by atoms with Crippen molar-refractivity contribution in [1.82, 2.24) is 20.8 Å². The van der Waals surface area contributed by atoms with Gasteiger partial charge in [-0.1, -0.05) is 5.16 Å². The number of amides is 2. The molecule has 0 aromatic carbocycles. The number of hydrogen-bond donors (Lipinski definition) is 3. The highest BCUT2D eigenvalue weighted by atomic mass is 16.5. The lowest BCUT2D eigenvalue weighted by molar-refractivity contribution is 0.0695. The molecule has 112 valence electrons. The molecule has 0 aliphatic carbocycles. The van der Waals surface area contributed by atoms with Gasteiger partial charge in [0.2, 0.25) is 5.89 Å². The normalized spacial score (nSPS) is 10.3. The Labute approximate surface area is 119 Å². The average molecular weight is 294 g/mol. The van der Waals surface area contributed by atoms with Crippen molar-refractivity contribution in [2.45, 2.75) is 19.9 Å². The number of urea groups is 1. The minimum atomic E-state index is -1.06. The van der Waals surface area contributed by atoms with Crippen molar-refractivity contribution in [3.05, 3.63) is 35.4 Å². The van der Waals surface area contributed by atoms with Crippen molar-refractivity contribution in [3.8, 4) is 0 Å². The fourth-order valence-corrected chi connectivity index (χ4v) is 1.66. The maximum absolute atomic E-state index is 11.5. The molecule has 9 nitrogen and oxygen atoms in total. The van der Waals surface area contributed by atoms with Crippen molar-refractivity contribution in [3.63, 3.8) is 0 Å². The van der Waals surface area contributed by atoms with Crippen LogP contribution in [0.25, 0.3) is 0 Å². The molecule has 3 N–H and O–H groups in total. The maximum atomic E-state index is 11.5. The van der Waals surface area contributed by atoms with Crippen molar-refractivity contribution < 1.29 is 23.6 Å². The van der Waals surface area contributed by atoms with Gasteiger partial charge in [-0.25, -0.2) is 9.59 Å². The molecule has 0 aliphatic rings. The highest BCUT2D eigenvalue weighted by molar-refractivity contribution is 5.88. The molecule has 0 aliphatic heterocycles. The highest BCUT2D eigenvalue weighted by Crippen LogP contribution is 2.14. The monoisotopic (exact) mass is 294 g/mol. The summed E-state index contributed by atoms with van der Waals surface area (Å²) in [4.78, 5) is 26.2. The Kier molecular flexibility index (Phi) is 4.54. The zero-order chi connectivity index (χ0) is 15.2. The van der Waals surface area contributed by atoms with E-state index in [2.05, 4.69) is 20.8 Å². The van der Waals surface area contributed by atoms with Crippen LogP contribution in [0, 0.1) is 6.92 Å². The number of nitrogens with zero attached hydrogens (tertiary/aromatic N) is 2. The second-order valence-electron chi connectivity index (χ2n) is 4.18. The van der Waals surface area contributed by atoms with Crippen LogP contribution in [0.5, 0.6) is 0 Å². The van der Waals surface area contributed by atoms with Crippen LogP contribution in [0.4, 0.5) is 4.79 Å². The number of aromatic nitrogens is 2. The van der Waals surface area contributed by atoms with Gasteiger partial charge < -0.3 is 24.7 Å². The number of carboxylic acid groups (broad SMARTS) is 1. The first-order valence-electron chi connectivity index (χ1n) is 6.16. The van der Waals surface area contributed by atoms with Crippen LogP contribution in [-0.4, -0.2) is 33.8 Å². The molecule has 0 spiro atoms. The smallest absolute Gasteiger partial charge is 0.339 e. The molecule has 2 amide bonds. The summed E-state index contributed by atoms with van der Waals surface area (Å²) in [7, 11) is 0. The lowest BCUT2D eigenvalue weighted by Crippen LogP contribution is -2.36. The second kappa shape index (κ2) is 6.55. The topological polar surface area (TPSA) is 130 Å². The van der Waals surface area contributed by atoms with Gasteiger partial charge >= 0.3 is 12.0 Å². The summed E-state index contributed by atoms with van der Waals surface area (Å²) in [5, 5.41) is 17.5. The zero-order valence-corrected chi connectivity index (χ0v) is 11.3. The number of carbonyl (C=O) groups excluding carboxylic acids is 1. The van der Waals surface area contributed by atoms with Crippen LogP contribution in [0.3, 0.4) is 0 Å². The van der Waals surface area contributed by atoms with Crippen LogP contribution in [-0.2, 0) is 13.0 Å². The highest BCUT2D eigenvalue weighted by Gasteiger charge is 2.14. The number of furan rings is 1. The Bertz CT molecular complexity index is 620. The molecular weight excluding hydrogens is 280 g/mol. The van der Waals surface area contributed by atoms with E-state index >= 15 is 0 Å². The Hall–Kier alpha value is -2.84. The van der Waals surface area contributed by atoms with Gasteiger partial charge in [0.15, 0.2) is 6.33 Å². The molecule has 0 saturated heterocycles. The molecule has 0 atom stereocenters. The molecule has 2 aromatic heterocycles. The van der Waals surface area contributed by atoms with E-state index in [1.165, 1.54) is 12.4 Å². The fourth-order valence-electron chi connectivity index (χ4n) is 1.66. The minimum absolute atomic E-state index is 0.0867. The van der Waals surface area contributed by atoms with E-state index in [1.54, 1.807) is 6.92 Å². The summed E-state index contributed by atoms with van der Waals surface area (Å²) in [5.74, 6) is 0.0441. The van der Waals surface area contributed by atoms with Crippen LogP contribution in [0.15, 0.2) is 21.3 Å². The molecular formula is C12H14N4O5. The van der Waals surface area contributed by atoms with Gasteiger partial charge in [0.1, 0.15) is 17.1 Å². The summed E-state index contributed by atoms with van der Waals surface area (Å²) in [6, 6.07) is 0.983. The third-order valence-corrected chi connectivity index (χ3v) is 2.65. The molecule has 0 fully saturated rings. The molecule has 21 heavy (non-hydrogen) atoms.